The summed E-state index contributed by atoms with van der Waals surface area (Å²) < 4.78 is 17.1. The van der Waals surface area contributed by atoms with Gasteiger partial charge in [0.25, 0.3) is 0 Å². The summed E-state index contributed by atoms with van der Waals surface area (Å²) in [6, 6.07) is 6.01. The Bertz CT molecular complexity index is 695. The monoisotopic (exact) mass is 357 g/mol. The van der Waals surface area contributed by atoms with Gasteiger partial charge in [0.05, 0.1) is 31.6 Å². The lowest BCUT2D eigenvalue weighted by Crippen LogP contribution is -2.40. The first kappa shape index (κ1) is 17.6. The second-order valence-corrected chi connectivity index (χ2v) is 7.71. The molecule has 0 radical (unpaired) electrons. The van der Waals surface area contributed by atoms with Crippen molar-refractivity contribution in [2.24, 2.45) is 5.41 Å². The molecule has 2 aliphatic heterocycles. The molecule has 26 heavy (non-hydrogen) atoms. The van der Waals surface area contributed by atoms with Crippen LogP contribution in [-0.4, -0.2) is 47.4 Å². The highest BCUT2D eigenvalue weighted by Crippen LogP contribution is 2.42. The molecule has 4 rings (SSSR count). The van der Waals surface area contributed by atoms with Gasteiger partial charge in [-0.05, 0) is 62.4 Å². The van der Waals surface area contributed by atoms with Crippen molar-refractivity contribution in [2.75, 3.05) is 26.3 Å². The lowest BCUT2D eigenvalue weighted by Gasteiger charge is -2.38. The molecule has 2 aromatic rings. The van der Waals surface area contributed by atoms with E-state index < -0.39 is 0 Å². The zero-order valence-corrected chi connectivity index (χ0v) is 15.4. The Morgan fingerprint density at radius 2 is 2.08 bits per heavy atom. The number of hydrogen-bond donors (Lipinski definition) is 0. The van der Waals surface area contributed by atoms with Crippen LogP contribution in [0, 0.1) is 12.3 Å². The molecule has 0 saturated carbocycles. The van der Waals surface area contributed by atoms with Crippen molar-refractivity contribution < 1.29 is 14.0 Å². The first-order chi connectivity index (χ1) is 12.7. The standard InChI is InChI=1S/C20H27N3O3/c1-16-10-18(22-26-16)12-23-8-4-20(5-9-23)11-19(25-15-20)14-24-13-17-2-6-21-7-3-17/h2-3,6-7,10,19H,4-5,8-9,11-15H2,1H3. The molecule has 2 fully saturated rings. The van der Waals surface area contributed by atoms with Crippen LogP contribution in [0.5, 0.6) is 0 Å². The second kappa shape index (κ2) is 7.86. The van der Waals surface area contributed by atoms with Crippen molar-refractivity contribution in [3.05, 3.63) is 47.6 Å². The predicted octanol–water partition coefficient (Wildman–Crippen LogP) is 2.97. The normalized spacial score (nSPS) is 22.9. The molecule has 2 aliphatic rings. The molecule has 6 heteroatoms. The van der Waals surface area contributed by atoms with Crippen LogP contribution in [0.2, 0.25) is 0 Å². The molecular weight excluding hydrogens is 330 g/mol. The molecule has 6 nitrogen and oxygen atoms in total. The van der Waals surface area contributed by atoms with Crippen molar-refractivity contribution in [1.82, 2.24) is 15.0 Å². The fourth-order valence-corrected chi connectivity index (χ4v) is 4.05. The van der Waals surface area contributed by atoms with Crippen LogP contribution < -0.4 is 0 Å². The Hall–Kier alpha value is -1.76. The maximum Gasteiger partial charge on any atom is 0.133 e. The molecule has 0 aliphatic carbocycles. The lowest BCUT2D eigenvalue weighted by molar-refractivity contribution is 0.00630. The van der Waals surface area contributed by atoms with Gasteiger partial charge >= 0.3 is 0 Å². The summed E-state index contributed by atoms with van der Waals surface area (Å²) >= 11 is 0. The summed E-state index contributed by atoms with van der Waals surface area (Å²) in [6.45, 7) is 7.18. The SMILES string of the molecule is Cc1cc(CN2CCC3(CC2)COC(COCc2ccncc2)C3)no1. The number of pyridine rings is 1. The van der Waals surface area contributed by atoms with Gasteiger partial charge in [-0.15, -0.1) is 0 Å². The molecule has 2 aromatic heterocycles. The van der Waals surface area contributed by atoms with E-state index in [1.54, 1.807) is 12.4 Å². The Balaban J connectivity index is 1.20. The lowest BCUT2D eigenvalue weighted by atomic mass is 9.76. The number of ether oxygens (including phenoxy) is 2. The average molecular weight is 357 g/mol. The molecule has 0 aromatic carbocycles. The van der Waals surface area contributed by atoms with Crippen LogP contribution in [0.4, 0.5) is 0 Å². The highest BCUT2D eigenvalue weighted by atomic mass is 16.5. The third-order valence-corrected chi connectivity index (χ3v) is 5.59. The maximum absolute atomic E-state index is 6.06. The van der Waals surface area contributed by atoms with Crippen molar-refractivity contribution in [1.29, 1.82) is 0 Å². The molecule has 140 valence electrons. The summed E-state index contributed by atoms with van der Waals surface area (Å²) in [5, 5.41) is 4.11. The van der Waals surface area contributed by atoms with Gasteiger partial charge in [-0.1, -0.05) is 5.16 Å². The molecular formula is C20H27N3O3. The van der Waals surface area contributed by atoms with Crippen molar-refractivity contribution in [2.45, 2.75) is 45.4 Å². The number of aryl methyl sites for hydroxylation is 1. The van der Waals surface area contributed by atoms with Crippen molar-refractivity contribution >= 4 is 0 Å². The van der Waals surface area contributed by atoms with Gasteiger partial charge in [0, 0.05) is 25.0 Å². The largest absolute Gasteiger partial charge is 0.375 e. The second-order valence-electron chi connectivity index (χ2n) is 7.71. The summed E-state index contributed by atoms with van der Waals surface area (Å²) in [5.74, 6) is 0.882. The smallest absolute Gasteiger partial charge is 0.133 e. The predicted molar refractivity (Wildman–Crippen MR) is 96.4 cm³/mol. The zero-order chi connectivity index (χ0) is 17.8. The molecule has 2 saturated heterocycles. The van der Waals surface area contributed by atoms with Crippen molar-refractivity contribution in [3.8, 4) is 0 Å². The number of aromatic nitrogens is 2. The topological polar surface area (TPSA) is 60.6 Å². The Morgan fingerprint density at radius 3 is 2.81 bits per heavy atom. The minimum atomic E-state index is 0.224. The Kier molecular flexibility index (Phi) is 5.33. The summed E-state index contributed by atoms with van der Waals surface area (Å²) in [5.41, 5.74) is 2.52. The zero-order valence-electron chi connectivity index (χ0n) is 15.4. The first-order valence-corrected chi connectivity index (χ1v) is 9.44. The van der Waals surface area contributed by atoms with E-state index in [2.05, 4.69) is 15.0 Å². The molecule has 1 spiro atoms. The van der Waals surface area contributed by atoms with E-state index in [-0.39, 0.29) is 6.10 Å². The fourth-order valence-electron chi connectivity index (χ4n) is 4.05. The number of likely N-dealkylation sites (tertiary alicyclic amines) is 1. The minimum absolute atomic E-state index is 0.224. The highest BCUT2D eigenvalue weighted by Gasteiger charge is 2.42. The third-order valence-electron chi connectivity index (χ3n) is 5.59. The quantitative estimate of drug-likeness (QED) is 0.792. The molecule has 0 amide bonds. The summed E-state index contributed by atoms with van der Waals surface area (Å²) in [4.78, 5) is 6.50. The highest BCUT2D eigenvalue weighted by molar-refractivity contribution is 5.08. The van der Waals surface area contributed by atoms with Crippen LogP contribution in [0.3, 0.4) is 0 Å². The minimum Gasteiger partial charge on any atom is -0.375 e. The number of nitrogens with zero attached hydrogens (tertiary/aromatic N) is 3. The average Bonchev–Trinajstić information content (AvgIpc) is 3.25. The fraction of sp³-hybridized carbons (Fsp3) is 0.600. The third kappa shape index (κ3) is 4.31. The first-order valence-electron chi connectivity index (χ1n) is 9.44. The van der Waals surface area contributed by atoms with Crippen LogP contribution in [0.25, 0.3) is 0 Å². The van der Waals surface area contributed by atoms with Crippen molar-refractivity contribution in [3.63, 3.8) is 0 Å². The Labute approximate surface area is 154 Å². The molecule has 0 N–H and O–H groups in total. The molecule has 1 unspecified atom stereocenters. The summed E-state index contributed by atoms with van der Waals surface area (Å²) in [7, 11) is 0. The molecule has 4 heterocycles. The Morgan fingerprint density at radius 1 is 1.27 bits per heavy atom. The van der Waals surface area contributed by atoms with E-state index in [4.69, 9.17) is 14.0 Å². The molecule has 0 bridgehead atoms. The van der Waals surface area contributed by atoms with Gasteiger partial charge in [-0.2, -0.15) is 0 Å². The van der Waals surface area contributed by atoms with Gasteiger partial charge < -0.3 is 14.0 Å². The van der Waals surface area contributed by atoms with Gasteiger partial charge in [-0.25, -0.2) is 0 Å². The van der Waals surface area contributed by atoms with E-state index in [9.17, 15) is 0 Å². The van der Waals surface area contributed by atoms with E-state index in [1.807, 2.05) is 25.1 Å². The van der Waals surface area contributed by atoms with E-state index in [0.717, 1.165) is 49.7 Å². The van der Waals surface area contributed by atoms with E-state index in [0.29, 0.717) is 18.6 Å². The summed E-state index contributed by atoms with van der Waals surface area (Å²) in [6.07, 6.45) is 7.30. The van der Waals surface area contributed by atoms with Gasteiger partial charge in [0.1, 0.15) is 5.76 Å². The van der Waals surface area contributed by atoms with Gasteiger partial charge in [0.15, 0.2) is 0 Å². The number of piperidine rings is 1. The molecule has 1 atom stereocenters. The number of rotatable bonds is 6. The maximum atomic E-state index is 6.06. The van der Waals surface area contributed by atoms with Gasteiger partial charge in [-0.3, -0.25) is 9.88 Å². The van der Waals surface area contributed by atoms with E-state index >= 15 is 0 Å². The van der Waals surface area contributed by atoms with E-state index in [1.165, 1.54) is 12.8 Å². The number of hydrogen-bond acceptors (Lipinski definition) is 6. The van der Waals surface area contributed by atoms with Crippen LogP contribution >= 0.6 is 0 Å². The van der Waals surface area contributed by atoms with Gasteiger partial charge in [0.2, 0.25) is 0 Å². The van der Waals surface area contributed by atoms with Crippen LogP contribution in [0.1, 0.15) is 36.3 Å². The van der Waals surface area contributed by atoms with Crippen LogP contribution in [-0.2, 0) is 22.6 Å². The van der Waals surface area contributed by atoms with Crippen LogP contribution in [0.15, 0.2) is 35.1 Å².